The number of hydrogen-bond donors (Lipinski definition) is 1. The molecule has 0 radical (unpaired) electrons. The van der Waals surface area contributed by atoms with Crippen LogP contribution < -0.4 is 0 Å². The Morgan fingerprint density at radius 3 is 2.55 bits per heavy atom. The molecule has 0 aliphatic heterocycles. The molecular weight excluding hydrogens is 248 g/mol. The van der Waals surface area contributed by atoms with E-state index < -0.39 is 6.10 Å². The molecule has 0 amide bonds. The molecule has 0 aliphatic rings. The van der Waals surface area contributed by atoms with Crippen LogP contribution in [0.25, 0.3) is 0 Å². The number of nitrogens with zero attached hydrogens (tertiary/aromatic N) is 2. The Morgan fingerprint density at radius 1 is 1.20 bits per heavy atom. The van der Waals surface area contributed by atoms with Gasteiger partial charge in [-0.25, -0.2) is 0 Å². The molecule has 2 aromatic rings. The molecule has 3 nitrogen and oxygen atoms in total. The predicted molar refractivity (Wildman–Crippen MR) is 81.7 cm³/mol. The van der Waals surface area contributed by atoms with Crippen LogP contribution in [0, 0.1) is 13.8 Å². The largest absolute Gasteiger partial charge is 0.388 e. The van der Waals surface area contributed by atoms with Gasteiger partial charge in [-0.3, -0.25) is 4.68 Å². The van der Waals surface area contributed by atoms with Gasteiger partial charge in [-0.2, -0.15) is 5.10 Å². The van der Waals surface area contributed by atoms with Gasteiger partial charge in [-0.15, -0.1) is 0 Å². The molecule has 1 aromatic heterocycles. The second kappa shape index (κ2) is 6.71. The van der Waals surface area contributed by atoms with Gasteiger partial charge in [-0.1, -0.05) is 37.3 Å². The summed E-state index contributed by atoms with van der Waals surface area (Å²) in [5.74, 6) is 0. The van der Waals surface area contributed by atoms with Crippen molar-refractivity contribution in [1.82, 2.24) is 9.78 Å². The Balaban J connectivity index is 2.00. The molecule has 0 saturated carbocycles. The summed E-state index contributed by atoms with van der Waals surface area (Å²) in [6, 6.07) is 10.5. The molecule has 1 N–H and O–H groups in total. The topological polar surface area (TPSA) is 38.1 Å². The zero-order chi connectivity index (χ0) is 14.5. The van der Waals surface area contributed by atoms with Gasteiger partial charge in [0.25, 0.3) is 0 Å². The van der Waals surface area contributed by atoms with E-state index in [4.69, 9.17) is 0 Å². The molecule has 1 aromatic carbocycles. The summed E-state index contributed by atoms with van der Waals surface area (Å²) in [6.45, 7) is 6.93. The van der Waals surface area contributed by atoms with Crippen LogP contribution in [0.5, 0.6) is 0 Å². The van der Waals surface area contributed by atoms with Crippen LogP contribution >= 0.6 is 0 Å². The number of aryl methyl sites for hydroxylation is 3. The zero-order valence-corrected chi connectivity index (χ0v) is 12.6. The van der Waals surface area contributed by atoms with Crippen molar-refractivity contribution in [1.29, 1.82) is 0 Å². The van der Waals surface area contributed by atoms with E-state index in [1.165, 1.54) is 5.56 Å². The predicted octanol–water partition coefficient (Wildman–Crippen LogP) is 3.58. The lowest BCUT2D eigenvalue weighted by Crippen LogP contribution is -2.05. The summed E-state index contributed by atoms with van der Waals surface area (Å²) in [6.07, 6.45) is 2.47. The van der Waals surface area contributed by atoms with Crippen molar-refractivity contribution in [3.63, 3.8) is 0 Å². The molecule has 0 bridgehead atoms. The molecule has 0 fully saturated rings. The molecule has 0 aliphatic carbocycles. The molecule has 3 heteroatoms. The first kappa shape index (κ1) is 14.8. The molecule has 0 spiro atoms. The number of aromatic nitrogens is 2. The average molecular weight is 272 g/mol. The van der Waals surface area contributed by atoms with E-state index in [-0.39, 0.29) is 0 Å². The Kier molecular flexibility index (Phi) is 4.96. The van der Waals surface area contributed by atoms with Gasteiger partial charge in [0.1, 0.15) is 0 Å². The van der Waals surface area contributed by atoms with E-state index in [1.807, 2.05) is 24.6 Å². The van der Waals surface area contributed by atoms with Crippen LogP contribution in [-0.2, 0) is 13.0 Å². The van der Waals surface area contributed by atoms with Crippen LogP contribution in [0.15, 0.2) is 30.3 Å². The minimum atomic E-state index is -0.391. The molecule has 2 rings (SSSR count). The molecular formula is C17H24N2O. The van der Waals surface area contributed by atoms with Crippen molar-refractivity contribution in [2.45, 2.75) is 52.7 Å². The van der Waals surface area contributed by atoms with Crippen molar-refractivity contribution in [3.8, 4) is 0 Å². The smallest absolute Gasteiger partial charge is 0.0823 e. The quantitative estimate of drug-likeness (QED) is 0.873. The highest BCUT2D eigenvalue weighted by atomic mass is 16.3. The molecule has 1 atom stereocenters. The van der Waals surface area contributed by atoms with Gasteiger partial charge < -0.3 is 5.11 Å². The van der Waals surface area contributed by atoms with E-state index >= 15 is 0 Å². The summed E-state index contributed by atoms with van der Waals surface area (Å²) in [5, 5.41) is 14.6. The second-order valence-corrected chi connectivity index (χ2v) is 5.32. The Labute approximate surface area is 121 Å². The Hall–Kier alpha value is -1.61. The van der Waals surface area contributed by atoms with Crippen LogP contribution in [0.4, 0.5) is 0 Å². The number of benzene rings is 1. The lowest BCUT2D eigenvalue weighted by molar-refractivity contribution is 0.172. The minimum Gasteiger partial charge on any atom is -0.388 e. The lowest BCUT2D eigenvalue weighted by atomic mass is 10.1. The minimum absolute atomic E-state index is 0.391. The van der Waals surface area contributed by atoms with E-state index in [9.17, 15) is 5.11 Å². The van der Waals surface area contributed by atoms with Crippen molar-refractivity contribution < 1.29 is 5.11 Å². The Bertz CT molecular complexity index is 546. The first-order valence-electron chi connectivity index (χ1n) is 7.39. The van der Waals surface area contributed by atoms with Crippen LogP contribution in [0.2, 0.25) is 0 Å². The number of aliphatic hydroxyl groups is 1. The van der Waals surface area contributed by atoms with Crippen molar-refractivity contribution >= 4 is 0 Å². The maximum absolute atomic E-state index is 10.1. The summed E-state index contributed by atoms with van der Waals surface area (Å²) in [5.41, 5.74) is 4.43. The zero-order valence-electron chi connectivity index (χ0n) is 12.6. The third-order valence-electron chi connectivity index (χ3n) is 3.84. The maximum Gasteiger partial charge on any atom is 0.0823 e. The highest BCUT2D eigenvalue weighted by Gasteiger charge is 2.17. The van der Waals surface area contributed by atoms with Gasteiger partial charge in [0.05, 0.1) is 11.8 Å². The molecule has 20 heavy (non-hydrogen) atoms. The van der Waals surface area contributed by atoms with Crippen molar-refractivity contribution in [3.05, 3.63) is 52.8 Å². The average Bonchev–Trinajstić information content (AvgIpc) is 2.74. The number of rotatable bonds is 6. The van der Waals surface area contributed by atoms with Crippen molar-refractivity contribution in [2.75, 3.05) is 0 Å². The summed E-state index contributed by atoms with van der Waals surface area (Å²) in [4.78, 5) is 0. The second-order valence-electron chi connectivity index (χ2n) is 5.32. The third kappa shape index (κ3) is 3.28. The fraction of sp³-hybridized carbons (Fsp3) is 0.471. The van der Waals surface area contributed by atoms with Crippen LogP contribution in [-0.4, -0.2) is 14.9 Å². The van der Waals surface area contributed by atoms with Gasteiger partial charge in [0.15, 0.2) is 0 Å². The van der Waals surface area contributed by atoms with E-state index in [2.05, 4.69) is 36.3 Å². The van der Waals surface area contributed by atoms with Crippen LogP contribution in [0.1, 0.15) is 48.4 Å². The van der Waals surface area contributed by atoms with Gasteiger partial charge in [-0.05, 0) is 38.7 Å². The maximum atomic E-state index is 10.1. The lowest BCUT2D eigenvalue weighted by Gasteiger charge is -2.09. The van der Waals surface area contributed by atoms with Crippen LogP contribution in [0.3, 0.4) is 0 Å². The van der Waals surface area contributed by atoms with Gasteiger partial charge >= 0.3 is 0 Å². The van der Waals surface area contributed by atoms with Gasteiger partial charge in [0.2, 0.25) is 0 Å². The fourth-order valence-corrected chi connectivity index (χ4v) is 2.69. The number of aliphatic hydroxyl groups excluding tert-OH is 1. The standard InChI is InChI=1S/C17H24N2O/c1-4-16(20)17-13(2)18-19(14(17)3)12-8-11-15-9-6-5-7-10-15/h5-7,9-10,16,20H,4,8,11-12H2,1-3H3. The summed E-state index contributed by atoms with van der Waals surface area (Å²) < 4.78 is 2.03. The highest BCUT2D eigenvalue weighted by molar-refractivity contribution is 5.26. The monoisotopic (exact) mass is 272 g/mol. The first-order chi connectivity index (χ1) is 9.63. The summed E-state index contributed by atoms with van der Waals surface area (Å²) >= 11 is 0. The third-order valence-corrected chi connectivity index (χ3v) is 3.84. The SMILES string of the molecule is CCC(O)c1c(C)nn(CCCc2ccccc2)c1C. The normalized spacial score (nSPS) is 12.6. The van der Waals surface area contributed by atoms with E-state index in [0.29, 0.717) is 0 Å². The molecule has 108 valence electrons. The highest BCUT2D eigenvalue weighted by Crippen LogP contribution is 2.24. The fourth-order valence-electron chi connectivity index (χ4n) is 2.69. The van der Waals surface area contributed by atoms with Gasteiger partial charge in [0, 0.05) is 17.8 Å². The molecule has 1 unspecified atom stereocenters. The Morgan fingerprint density at radius 2 is 1.90 bits per heavy atom. The molecule has 0 saturated heterocycles. The van der Waals surface area contributed by atoms with E-state index in [0.717, 1.165) is 42.8 Å². The summed E-state index contributed by atoms with van der Waals surface area (Å²) in [7, 11) is 0. The molecule has 1 heterocycles. The van der Waals surface area contributed by atoms with E-state index in [1.54, 1.807) is 0 Å². The first-order valence-corrected chi connectivity index (χ1v) is 7.39. The number of hydrogen-bond acceptors (Lipinski definition) is 2. The van der Waals surface area contributed by atoms with Crippen molar-refractivity contribution in [2.24, 2.45) is 0 Å².